The van der Waals surface area contributed by atoms with Crippen LogP contribution in [-0.2, 0) is 23.1 Å². The molecule has 0 aliphatic carbocycles. The molecule has 0 fully saturated rings. The minimum Gasteiger partial charge on any atom is -0.481 e. The summed E-state index contributed by atoms with van der Waals surface area (Å²) in [5.41, 5.74) is 1.68. The molecule has 1 heterocycles. The van der Waals surface area contributed by atoms with Gasteiger partial charge in [-0.3, -0.25) is 14.3 Å². The SMILES string of the molecule is Cc1cc(CC(=O)CCC(=O)O)nn1C. The fourth-order valence-electron chi connectivity index (χ4n) is 1.26. The minimum atomic E-state index is -0.944. The average Bonchev–Trinajstić information content (AvgIpc) is 2.42. The Morgan fingerprint density at radius 3 is 2.60 bits per heavy atom. The zero-order valence-corrected chi connectivity index (χ0v) is 8.86. The molecule has 5 heteroatoms. The second-order valence-corrected chi connectivity index (χ2v) is 3.51. The van der Waals surface area contributed by atoms with Crippen LogP contribution in [-0.4, -0.2) is 26.6 Å². The molecular weight excluding hydrogens is 196 g/mol. The lowest BCUT2D eigenvalue weighted by Crippen LogP contribution is -2.06. The Hall–Kier alpha value is -1.65. The number of carboxylic acid groups (broad SMARTS) is 1. The number of hydrogen-bond acceptors (Lipinski definition) is 3. The number of aliphatic carboxylic acids is 1. The number of carbonyl (C=O) groups excluding carboxylic acids is 1. The average molecular weight is 210 g/mol. The van der Waals surface area contributed by atoms with Gasteiger partial charge < -0.3 is 5.11 Å². The van der Waals surface area contributed by atoms with Crippen LogP contribution < -0.4 is 0 Å². The van der Waals surface area contributed by atoms with Crippen molar-refractivity contribution in [2.45, 2.75) is 26.2 Å². The lowest BCUT2D eigenvalue weighted by atomic mass is 10.1. The van der Waals surface area contributed by atoms with Gasteiger partial charge >= 0.3 is 5.97 Å². The van der Waals surface area contributed by atoms with Crippen molar-refractivity contribution in [3.63, 3.8) is 0 Å². The number of carboxylic acids is 1. The van der Waals surface area contributed by atoms with Gasteiger partial charge in [-0.15, -0.1) is 0 Å². The van der Waals surface area contributed by atoms with E-state index in [4.69, 9.17) is 5.11 Å². The molecular formula is C10H14N2O3. The van der Waals surface area contributed by atoms with Gasteiger partial charge in [-0.25, -0.2) is 0 Å². The third kappa shape index (κ3) is 3.53. The zero-order valence-electron chi connectivity index (χ0n) is 8.86. The summed E-state index contributed by atoms with van der Waals surface area (Å²) in [7, 11) is 1.81. The third-order valence-corrected chi connectivity index (χ3v) is 2.16. The molecule has 0 bridgehead atoms. The van der Waals surface area contributed by atoms with Crippen LogP contribution in [0.3, 0.4) is 0 Å². The van der Waals surface area contributed by atoms with Crippen molar-refractivity contribution in [3.8, 4) is 0 Å². The lowest BCUT2D eigenvalue weighted by molar-refractivity contribution is -0.138. The second-order valence-electron chi connectivity index (χ2n) is 3.51. The molecule has 0 aliphatic heterocycles. The second kappa shape index (κ2) is 4.72. The summed E-state index contributed by atoms with van der Waals surface area (Å²) >= 11 is 0. The molecule has 0 spiro atoms. The van der Waals surface area contributed by atoms with E-state index < -0.39 is 5.97 Å². The van der Waals surface area contributed by atoms with Crippen LogP contribution >= 0.6 is 0 Å². The van der Waals surface area contributed by atoms with Crippen molar-refractivity contribution in [1.29, 1.82) is 0 Å². The van der Waals surface area contributed by atoms with Gasteiger partial charge in [0, 0.05) is 19.2 Å². The fraction of sp³-hybridized carbons (Fsp3) is 0.500. The van der Waals surface area contributed by atoms with Gasteiger partial charge in [0.2, 0.25) is 0 Å². The number of Topliss-reactive ketones (excluding diaryl/α,β-unsaturated/α-hetero) is 1. The molecule has 0 aromatic carbocycles. The maximum absolute atomic E-state index is 11.3. The van der Waals surface area contributed by atoms with E-state index in [9.17, 15) is 9.59 Å². The molecule has 0 radical (unpaired) electrons. The normalized spacial score (nSPS) is 10.3. The highest BCUT2D eigenvalue weighted by atomic mass is 16.4. The topological polar surface area (TPSA) is 72.2 Å². The summed E-state index contributed by atoms with van der Waals surface area (Å²) in [6.45, 7) is 1.90. The Kier molecular flexibility index (Phi) is 3.60. The molecule has 0 aliphatic rings. The number of aromatic nitrogens is 2. The predicted molar refractivity (Wildman–Crippen MR) is 53.5 cm³/mol. The molecule has 15 heavy (non-hydrogen) atoms. The van der Waals surface area contributed by atoms with Gasteiger partial charge in [-0.1, -0.05) is 0 Å². The highest BCUT2D eigenvalue weighted by Crippen LogP contribution is 2.04. The van der Waals surface area contributed by atoms with Crippen molar-refractivity contribution in [2.24, 2.45) is 7.05 Å². The van der Waals surface area contributed by atoms with Gasteiger partial charge in [-0.05, 0) is 13.0 Å². The van der Waals surface area contributed by atoms with E-state index >= 15 is 0 Å². The number of ketones is 1. The van der Waals surface area contributed by atoms with Crippen LogP contribution in [0.2, 0.25) is 0 Å². The van der Waals surface area contributed by atoms with E-state index in [1.807, 2.05) is 13.0 Å². The van der Waals surface area contributed by atoms with E-state index in [-0.39, 0.29) is 25.0 Å². The van der Waals surface area contributed by atoms with Crippen LogP contribution in [0.5, 0.6) is 0 Å². The van der Waals surface area contributed by atoms with Gasteiger partial charge in [-0.2, -0.15) is 5.10 Å². The number of nitrogens with zero attached hydrogens (tertiary/aromatic N) is 2. The van der Waals surface area contributed by atoms with E-state index in [1.165, 1.54) is 0 Å². The van der Waals surface area contributed by atoms with Gasteiger partial charge in [0.1, 0.15) is 5.78 Å². The maximum atomic E-state index is 11.3. The summed E-state index contributed by atoms with van der Waals surface area (Å²) in [6, 6.07) is 1.83. The van der Waals surface area contributed by atoms with Crippen LogP contribution in [0.4, 0.5) is 0 Å². The Morgan fingerprint density at radius 1 is 1.47 bits per heavy atom. The van der Waals surface area contributed by atoms with Crippen LogP contribution in [0, 0.1) is 6.92 Å². The van der Waals surface area contributed by atoms with Gasteiger partial charge in [0.15, 0.2) is 0 Å². The first kappa shape index (κ1) is 11.4. The van der Waals surface area contributed by atoms with Crippen LogP contribution in [0.1, 0.15) is 24.2 Å². The van der Waals surface area contributed by atoms with Crippen LogP contribution in [0.15, 0.2) is 6.07 Å². The Balaban J connectivity index is 2.48. The quantitative estimate of drug-likeness (QED) is 0.776. The number of aryl methyl sites for hydroxylation is 2. The Morgan fingerprint density at radius 2 is 2.13 bits per heavy atom. The highest BCUT2D eigenvalue weighted by Gasteiger charge is 2.09. The summed E-state index contributed by atoms with van der Waals surface area (Å²) in [5, 5.41) is 12.5. The summed E-state index contributed by atoms with van der Waals surface area (Å²) in [5.74, 6) is -1.03. The standard InChI is InChI=1S/C10H14N2O3/c1-7-5-8(11-12(7)2)6-9(13)3-4-10(14)15/h5H,3-4,6H2,1-2H3,(H,14,15). The highest BCUT2D eigenvalue weighted by molar-refractivity contribution is 5.83. The molecule has 1 N–H and O–H groups in total. The smallest absolute Gasteiger partial charge is 0.303 e. The first-order valence-corrected chi connectivity index (χ1v) is 4.72. The summed E-state index contributed by atoms with van der Waals surface area (Å²) in [6.07, 6.45) is 0.185. The molecule has 1 aromatic rings. The molecule has 0 atom stereocenters. The molecule has 1 rings (SSSR count). The van der Waals surface area contributed by atoms with Crippen molar-refractivity contribution in [3.05, 3.63) is 17.5 Å². The molecule has 0 amide bonds. The van der Waals surface area contributed by atoms with E-state index in [1.54, 1.807) is 11.7 Å². The molecule has 0 unspecified atom stereocenters. The van der Waals surface area contributed by atoms with E-state index in [0.717, 1.165) is 5.69 Å². The summed E-state index contributed by atoms with van der Waals surface area (Å²) < 4.78 is 1.69. The molecule has 0 saturated carbocycles. The number of carbonyl (C=O) groups is 2. The zero-order chi connectivity index (χ0) is 11.4. The van der Waals surface area contributed by atoms with Crippen molar-refractivity contribution in [2.75, 3.05) is 0 Å². The first-order chi connectivity index (χ1) is 6.99. The van der Waals surface area contributed by atoms with E-state index in [2.05, 4.69) is 5.10 Å². The number of hydrogen-bond donors (Lipinski definition) is 1. The third-order valence-electron chi connectivity index (χ3n) is 2.16. The number of rotatable bonds is 5. The molecule has 1 aromatic heterocycles. The van der Waals surface area contributed by atoms with Gasteiger partial charge in [0.25, 0.3) is 0 Å². The predicted octanol–water partition coefficient (Wildman–Crippen LogP) is 0.705. The molecule has 0 saturated heterocycles. The monoisotopic (exact) mass is 210 g/mol. The minimum absolute atomic E-state index is 0.0744. The molecule has 82 valence electrons. The van der Waals surface area contributed by atoms with Gasteiger partial charge in [0.05, 0.1) is 18.5 Å². The Bertz CT molecular complexity index is 363. The van der Waals surface area contributed by atoms with Crippen LogP contribution in [0.25, 0.3) is 0 Å². The van der Waals surface area contributed by atoms with E-state index in [0.29, 0.717) is 5.69 Å². The van der Waals surface area contributed by atoms with Crippen molar-refractivity contribution >= 4 is 11.8 Å². The van der Waals surface area contributed by atoms with Crippen molar-refractivity contribution in [1.82, 2.24) is 9.78 Å². The maximum Gasteiger partial charge on any atom is 0.303 e. The lowest BCUT2D eigenvalue weighted by Gasteiger charge is -1.95. The molecule has 5 nitrogen and oxygen atoms in total. The Labute approximate surface area is 87.7 Å². The summed E-state index contributed by atoms with van der Waals surface area (Å²) in [4.78, 5) is 21.6. The largest absolute Gasteiger partial charge is 0.481 e. The first-order valence-electron chi connectivity index (χ1n) is 4.72. The fourth-order valence-corrected chi connectivity index (χ4v) is 1.26. The van der Waals surface area contributed by atoms with Crippen molar-refractivity contribution < 1.29 is 14.7 Å².